The molecule has 1 N–H and O–H groups in total. The van der Waals surface area contributed by atoms with E-state index in [4.69, 9.17) is 14.2 Å². The molecular formula is C22H22N4O6. The summed E-state index contributed by atoms with van der Waals surface area (Å²) in [4.78, 5) is 31.2. The van der Waals surface area contributed by atoms with Crippen LogP contribution < -0.4 is 19.6 Å². The van der Waals surface area contributed by atoms with Gasteiger partial charge in [0.05, 0.1) is 19.9 Å². The van der Waals surface area contributed by atoms with Crippen molar-refractivity contribution in [3.05, 3.63) is 70.5 Å². The molecule has 1 aromatic carbocycles. The first kappa shape index (κ1) is 22.5. The van der Waals surface area contributed by atoms with E-state index in [0.29, 0.717) is 46.9 Å². The number of methoxy groups -OCH3 is 1. The Morgan fingerprint density at radius 3 is 2.62 bits per heavy atom. The highest BCUT2D eigenvalue weighted by molar-refractivity contribution is 5.95. The first-order chi connectivity index (χ1) is 15.4. The fourth-order valence-corrected chi connectivity index (χ4v) is 2.77. The molecule has 1 amide bonds. The number of benzene rings is 1. The van der Waals surface area contributed by atoms with Crippen molar-refractivity contribution in [3.63, 3.8) is 0 Å². The van der Waals surface area contributed by atoms with Crippen LogP contribution in [0.3, 0.4) is 0 Å². The molecule has 32 heavy (non-hydrogen) atoms. The summed E-state index contributed by atoms with van der Waals surface area (Å²) in [5.41, 5.74) is 2.72. The Morgan fingerprint density at radius 1 is 1.16 bits per heavy atom. The van der Waals surface area contributed by atoms with Gasteiger partial charge in [-0.1, -0.05) is 19.3 Å². The number of aromatic nitrogens is 2. The van der Waals surface area contributed by atoms with E-state index in [0.717, 1.165) is 0 Å². The number of rotatable bonds is 9. The summed E-state index contributed by atoms with van der Waals surface area (Å²) in [6, 6.07) is 11.3. The van der Waals surface area contributed by atoms with Crippen LogP contribution in [0.15, 0.2) is 54.9 Å². The summed E-state index contributed by atoms with van der Waals surface area (Å²) in [5, 5.41) is 9.75. The maximum absolute atomic E-state index is 12.1. The Morgan fingerprint density at radius 2 is 1.97 bits per heavy atom. The van der Waals surface area contributed by atoms with E-state index in [1.54, 1.807) is 42.0 Å². The van der Waals surface area contributed by atoms with E-state index < -0.39 is 10.9 Å². The first-order valence-electron chi connectivity index (χ1n) is 9.73. The minimum absolute atomic E-state index is 0.0746. The minimum Gasteiger partial charge on any atom is -0.481 e. The molecule has 0 saturated heterocycles. The third kappa shape index (κ3) is 5.69. The molecule has 0 unspecified atom stereocenters. The summed E-state index contributed by atoms with van der Waals surface area (Å²) in [6.45, 7) is 4.63. The molecule has 166 valence electrons. The van der Waals surface area contributed by atoms with E-state index >= 15 is 0 Å². The number of nitro groups is 1. The first-order valence-corrected chi connectivity index (χ1v) is 9.73. The number of hydrazine groups is 1. The van der Waals surface area contributed by atoms with Gasteiger partial charge in [-0.2, -0.15) is 0 Å². The van der Waals surface area contributed by atoms with Crippen molar-refractivity contribution in [2.75, 3.05) is 13.7 Å². The molecule has 10 nitrogen and oxygen atoms in total. The second-order valence-electron chi connectivity index (χ2n) is 7.11. The minimum atomic E-state index is -0.911. The third-order valence-electron chi connectivity index (χ3n) is 4.19. The summed E-state index contributed by atoms with van der Waals surface area (Å²) in [5.74, 6) is 1.11. The molecular weight excluding hydrogens is 416 g/mol. The van der Waals surface area contributed by atoms with Crippen molar-refractivity contribution in [2.24, 2.45) is 5.92 Å². The van der Waals surface area contributed by atoms with Crippen molar-refractivity contribution >= 4 is 5.91 Å². The molecule has 0 spiro atoms. The molecule has 3 rings (SSSR count). The van der Waals surface area contributed by atoms with Gasteiger partial charge in [-0.25, -0.2) is 20.1 Å². The molecule has 0 aliphatic heterocycles. The van der Waals surface area contributed by atoms with Crippen molar-refractivity contribution in [1.29, 1.82) is 0 Å². The van der Waals surface area contributed by atoms with Crippen molar-refractivity contribution < 1.29 is 24.0 Å². The third-order valence-corrected chi connectivity index (χ3v) is 4.19. The van der Waals surface area contributed by atoms with Crippen LogP contribution in [-0.2, 0) is 0 Å². The fraction of sp³-hybridized carbons (Fsp3) is 0.227. The fourth-order valence-electron chi connectivity index (χ4n) is 2.77. The normalized spacial score (nSPS) is 10.5. The lowest BCUT2D eigenvalue weighted by molar-refractivity contribution is -0.527. The van der Waals surface area contributed by atoms with Gasteiger partial charge in [0.2, 0.25) is 11.8 Å². The molecule has 0 fully saturated rings. The zero-order valence-electron chi connectivity index (χ0n) is 17.8. The second kappa shape index (κ2) is 10.2. The molecule has 0 atom stereocenters. The maximum Gasteiger partial charge on any atom is 0.310 e. The van der Waals surface area contributed by atoms with Crippen LogP contribution in [0.5, 0.6) is 23.3 Å². The molecule has 0 radical (unpaired) electrons. The lowest BCUT2D eigenvalue weighted by Crippen LogP contribution is -2.29. The topological polar surface area (TPSA) is 126 Å². The Labute approximate surface area is 184 Å². The van der Waals surface area contributed by atoms with Crippen LogP contribution in [0, 0.1) is 16.0 Å². The van der Waals surface area contributed by atoms with Gasteiger partial charge in [-0.15, -0.1) is 0 Å². The number of pyridine rings is 2. The lowest BCUT2D eigenvalue weighted by Gasteiger charge is -2.14. The number of nitrogens with one attached hydrogen (secondary N) is 1. The predicted octanol–water partition coefficient (Wildman–Crippen LogP) is 3.90. The Bertz CT molecular complexity index is 1100. The largest absolute Gasteiger partial charge is 0.481 e. The summed E-state index contributed by atoms with van der Waals surface area (Å²) in [7, 11) is 1.47. The highest BCUT2D eigenvalue weighted by atomic mass is 16.7. The molecule has 2 heterocycles. The van der Waals surface area contributed by atoms with Gasteiger partial charge >= 0.3 is 5.91 Å². The van der Waals surface area contributed by atoms with Crippen LogP contribution in [-0.4, -0.2) is 34.6 Å². The Hall–Kier alpha value is -4.21. The molecule has 0 saturated carbocycles. The van der Waals surface area contributed by atoms with E-state index in [-0.39, 0.29) is 5.56 Å². The number of hydrogen-bond donors (Lipinski definition) is 1. The van der Waals surface area contributed by atoms with Crippen LogP contribution in [0.2, 0.25) is 0 Å². The number of carbonyl (C=O) groups excluding carboxylic acids is 1. The smallest absolute Gasteiger partial charge is 0.310 e. The van der Waals surface area contributed by atoms with Crippen LogP contribution >= 0.6 is 0 Å². The van der Waals surface area contributed by atoms with Gasteiger partial charge < -0.3 is 14.2 Å². The van der Waals surface area contributed by atoms with Gasteiger partial charge in [-0.3, -0.25) is 4.79 Å². The number of amides is 1. The highest BCUT2D eigenvalue weighted by Gasteiger charge is 2.18. The van der Waals surface area contributed by atoms with Gasteiger partial charge in [0.15, 0.2) is 5.03 Å². The van der Waals surface area contributed by atoms with Crippen LogP contribution in [0.1, 0.15) is 24.2 Å². The van der Waals surface area contributed by atoms with Gasteiger partial charge in [0, 0.05) is 29.0 Å². The van der Waals surface area contributed by atoms with Crippen LogP contribution in [0.4, 0.5) is 0 Å². The van der Waals surface area contributed by atoms with Crippen molar-refractivity contribution in [1.82, 2.24) is 15.4 Å². The molecule has 2 aromatic heterocycles. The number of hydrogen-bond acceptors (Lipinski definition) is 8. The quantitative estimate of drug-likeness (QED) is 0.394. The SMILES string of the molecule is COc1ncccc1-c1cc(C(=O)N[N+](=O)[O-])ccc1Oc1ccc(OCC(C)C)nc1. The molecule has 10 heteroatoms. The zero-order valence-corrected chi connectivity index (χ0v) is 17.8. The van der Waals surface area contributed by atoms with E-state index in [2.05, 4.69) is 9.97 Å². The standard InChI is InChI=1S/C22H22N4O6/c1-14(2)13-31-20-9-7-16(12-24-20)32-19-8-6-15(21(27)25-26(28)29)11-18(19)17-5-4-10-23-22(17)30-3/h4-12,14H,13H2,1-3H3,(H,25,27). The van der Waals surface area contributed by atoms with Crippen molar-refractivity contribution in [2.45, 2.75) is 13.8 Å². The number of nitrogens with zero attached hydrogens (tertiary/aromatic N) is 3. The van der Waals surface area contributed by atoms with E-state index in [9.17, 15) is 14.9 Å². The highest BCUT2D eigenvalue weighted by Crippen LogP contribution is 2.38. The number of ether oxygens (including phenoxy) is 3. The Kier molecular flexibility index (Phi) is 7.17. The average Bonchev–Trinajstić information content (AvgIpc) is 2.78. The zero-order chi connectivity index (χ0) is 23.1. The second-order valence-corrected chi connectivity index (χ2v) is 7.11. The lowest BCUT2D eigenvalue weighted by atomic mass is 10.0. The Balaban J connectivity index is 1.96. The predicted molar refractivity (Wildman–Crippen MR) is 115 cm³/mol. The summed E-state index contributed by atoms with van der Waals surface area (Å²) >= 11 is 0. The molecule has 0 aliphatic carbocycles. The monoisotopic (exact) mass is 438 g/mol. The molecule has 0 bridgehead atoms. The van der Waals surface area contributed by atoms with Gasteiger partial charge in [0.25, 0.3) is 0 Å². The van der Waals surface area contributed by atoms with Crippen molar-refractivity contribution in [3.8, 4) is 34.4 Å². The van der Waals surface area contributed by atoms with E-state index in [1.165, 1.54) is 25.4 Å². The van der Waals surface area contributed by atoms with Crippen LogP contribution in [0.25, 0.3) is 11.1 Å². The molecule has 3 aromatic rings. The summed E-state index contributed by atoms with van der Waals surface area (Å²) < 4.78 is 16.9. The summed E-state index contributed by atoms with van der Waals surface area (Å²) in [6.07, 6.45) is 3.08. The van der Waals surface area contributed by atoms with E-state index in [1.807, 2.05) is 13.8 Å². The van der Waals surface area contributed by atoms with Gasteiger partial charge in [-0.05, 0) is 42.3 Å². The van der Waals surface area contributed by atoms with Gasteiger partial charge in [0.1, 0.15) is 11.5 Å². The molecule has 0 aliphatic rings. The average molecular weight is 438 g/mol. The number of carbonyl (C=O) groups is 1. The maximum atomic E-state index is 12.1.